The van der Waals surface area contributed by atoms with Gasteiger partial charge in [-0.15, -0.1) is 0 Å². The number of aryl methyl sites for hydroxylation is 1. The van der Waals surface area contributed by atoms with Gasteiger partial charge in [0.25, 0.3) is 0 Å². The van der Waals surface area contributed by atoms with E-state index in [0.717, 1.165) is 36.4 Å². The second-order valence-corrected chi connectivity index (χ2v) is 7.28. The Labute approximate surface area is 162 Å². The summed E-state index contributed by atoms with van der Waals surface area (Å²) in [4.78, 5) is 14.7. The van der Waals surface area contributed by atoms with Crippen molar-refractivity contribution in [3.8, 4) is 5.75 Å². The molecule has 1 fully saturated rings. The van der Waals surface area contributed by atoms with E-state index < -0.39 is 0 Å². The number of rotatable bonds is 7. The van der Waals surface area contributed by atoms with Gasteiger partial charge < -0.3 is 15.0 Å². The van der Waals surface area contributed by atoms with E-state index in [1.165, 1.54) is 24.9 Å². The average molecular weight is 367 g/mol. The van der Waals surface area contributed by atoms with Crippen LogP contribution >= 0.6 is 0 Å². The van der Waals surface area contributed by atoms with E-state index >= 15 is 0 Å². The van der Waals surface area contributed by atoms with Gasteiger partial charge >= 0.3 is 0 Å². The summed E-state index contributed by atoms with van der Waals surface area (Å²) in [5.74, 6) is 0.920. The number of nitrogens with zero attached hydrogens (tertiary/aromatic N) is 1. The van der Waals surface area contributed by atoms with Crippen LogP contribution in [0.4, 0.5) is 5.69 Å². The van der Waals surface area contributed by atoms with Gasteiger partial charge in [-0.2, -0.15) is 0 Å². The summed E-state index contributed by atoms with van der Waals surface area (Å²) < 4.78 is 5.16. The summed E-state index contributed by atoms with van der Waals surface area (Å²) in [5, 5.41) is 3.11. The summed E-state index contributed by atoms with van der Waals surface area (Å²) in [6, 6.07) is 16.5. The van der Waals surface area contributed by atoms with Crippen LogP contribution in [0.15, 0.2) is 48.5 Å². The zero-order valence-corrected chi connectivity index (χ0v) is 16.4. The Bertz CT molecular complexity index is 719. The SMILES string of the molecule is COc1ccc(CCC(=O)N[C@H](C)c2ccc(N3CCCCC3)cc2)cc1. The Kier molecular flexibility index (Phi) is 6.74. The molecular formula is C23H30N2O2. The molecule has 1 amide bonds. The highest BCUT2D eigenvalue weighted by Gasteiger charge is 2.13. The molecule has 0 saturated carbocycles. The minimum absolute atomic E-state index is 0.0174. The summed E-state index contributed by atoms with van der Waals surface area (Å²) in [7, 11) is 1.66. The normalized spacial score (nSPS) is 15.3. The molecule has 0 aliphatic carbocycles. The summed E-state index contributed by atoms with van der Waals surface area (Å²) in [6.07, 6.45) is 5.12. The molecule has 2 aromatic carbocycles. The number of carbonyl (C=O) groups excluding carboxylic acids is 1. The molecule has 1 heterocycles. The topological polar surface area (TPSA) is 41.6 Å². The van der Waals surface area contributed by atoms with Crippen molar-refractivity contribution in [3.05, 3.63) is 59.7 Å². The first-order valence-electron chi connectivity index (χ1n) is 9.93. The van der Waals surface area contributed by atoms with Crippen LogP contribution in [0, 0.1) is 0 Å². The molecule has 1 aliphatic heterocycles. The summed E-state index contributed by atoms with van der Waals surface area (Å²) >= 11 is 0. The molecule has 1 atom stereocenters. The van der Waals surface area contributed by atoms with Crippen molar-refractivity contribution in [2.24, 2.45) is 0 Å². The van der Waals surface area contributed by atoms with Crippen LogP contribution in [-0.2, 0) is 11.2 Å². The van der Waals surface area contributed by atoms with Crippen LogP contribution < -0.4 is 15.0 Å². The number of ether oxygens (including phenoxy) is 1. The molecule has 0 spiro atoms. The van der Waals surface area contributed by atoms with Crippen LogP contribution in [0.25, 0.3) is 0 Å². The van der Waals surface area contributed by atoms with E-state index in [2.05, 4.69) is 34.5 Å². The number of nitrogens with one attached hydrogen (secondary N) is 1. The smallest absolute Gasteiger partial charge is 0.220 e. The van der Waals surface area contributed by atoms with Gasteiger partial charge in [-0.1, -0.05) is 24.3 Å². The number of hydrogen-bond acceptors (Lipinski definition) is 3. The maximum Gasteiger partial charge on any atom is 0.220 e. The minimum Gasteiger partial charge on any atom is -0.497 e. The molecule has 0 bridgehead atoms. The monoisotopic (exact) mass is 366 g/mol. The lowest BCUT2D eigenvalue weighted by Crippen LogP contribution is -2.29. The minimum atomic E-state index is 0.0174. The third-order valence-corrected chi connectivity index (χ3v) is 5.29. The Morgan fingerprint density at radius 2 is 1.70 bits per heavy atom. The quantitative estimate of drug-likeness (QED) is 0.785. The highest BCUT2D eigenvalue weighted by Crippen LogP contribution is 2.22. The van der Waals surface area contributed by atoms with Gasteiger partial charge in [0.2, 0.25) is 5.91 Å². The lowest BCUT2D eigenvalue weighted by Gasteiger charge is -2.29. The average Bonchev–Trinajstić information content (AvgIpc) is 2.73. The third-order valence-electron chi connectivity index (χ3n) is 5.29. The molecule has 2 aromatic rings. The molecule has 1 saturated heterocycles. The molecule has 144 valence electrons. The number of benzene rings is 2. The summed E-state index contributed by atoms with van der Waals surface area (Å²) in [6.45, 7) is 4.34. The summed E-state index contributed by atoms with van der Waals surface area (Å²) in [5.41, 5.74) is 3.58. The molecule has 4 heteroatoms. The Hall–Kier alpha value is -2.49. The number of amides is 1. The van der Waals surface area contributed by atoms with Crippen LogP contribution in [0.3, 0.4) is 0 Å². The van der Waals surface area contributed by atoms with Gasteiger partial charge in [0.1, 0.15) is 5.75 Å². The standard InChI is InChI=1S/C23H30N2O2/c1-18(20-9-11-21(12-10-20)25-16-4-3-5-17-25)24-23(26)15-8-19-6-13-22(27-2)14-7-19/h6-7,9-14,18H,3-5,8,15-17H2,1-2H3,(H,24,26)/t18-/m1/s1. The maximum atomic E-state index is 12.3. The fourth-order valence-corrected chi connectivity index (χ4v) is 3.57. The fraction of sp³-hybridized carbons (Fsp3) is 0.435. The van der Waals surface area contributed by atoms with E-state index in [-0.39, 0.29) is 11.9 Å². The van der Waals surface area contributed by atoms with E-state index in [0.29, 0.717) is 6.42 Å². The lowest BCUT2D eigenvalue weighted by molar-refractivity contribution is -0.121. The Balaban J connectivity index is 1.48. The molecule has 4 nitrogen and oxygen atoms in total. The lowest BCUT2D eigenvalue weighted by atomic mass is 10.1. The number of piperidine rings is 1. The second kappa shape index (κ2) is 9.45. The van der Waals surface area contributed by atoms with Gasteiger partial charge in [0, 0.05) is 25.2 Å². The van der Waals surface area contributed by atoms with Crippen LogP contribution in [-0.4, -0.2) is 26.1 Å². The van der Waals surface area contributed by atoms with Crippen LogP contribution in [0.5, 0.6) is 5.75 Å². The zero-order valence-electron chi connectivity index (χ0n) is 16.4. The van der Waals surface area contributed by atoms with Gasteiger partial charge in [-0.05, 0) is 68.0 Å². The largest absolute Gasteiger partial charge is 0.497 e. The van der Waals surface area contributed by atoms with E-state index in [1.807, 2.05) is 31.2 Å². The van der Waals surface area contributed by atoms with Gasteiger partial charge in [0.15, 0.2) is 0 Å². The van der Waals surface area contributed by atoms with Crippen molar-refractivity contribution in [2.45, 2.75) is 45.1 Å². The van der Waals surface area contributed by atoms with E-state index in [4.69, 9.17) is 4.74 Å². The van der Waals surface area contributed by atoms with Crippen LogP contribution in [0.2, 0.25) is 0 Å². The molecule has 27 heavy (non-hydrogen) atoms. The number of hydrogen-bond donors (Lipinski definition) is 1. The first-order chi connectivity index (χ1) is 13.2. The van der Waals surface area contributed by atoms with Crippen molar-refractivity contribution in [2.75, 3.05) is 25.1 Å². The predicted molar refractivity (Wildman–Crippen MR) is 110 cm³/mol. The van der Waals surface area contributed by atoms with Crippen molar-refractivity contribution < 1.29 is 9.53 Å². The van der Waals surface area contributed by atoms with E-state index in [9.17, 15) is 4.79 Å². The van der Waals surface area contributed by atoms with Crippen molar-refractivity contribution in [1.29, 1.82) is 0 Å². The fourth-order valence-electron chi connectivity index (χ4n) is 3.57. The van der Waals surface area contributed by atoms with E-state index in [1.54, 1.807) is 7.11 Å². The van der Waals surface area contributed by atoms with Crippen molar-refractivity contribution in [1.82, 2.24) is 5.32 Å². The molecule has 1 aliphatic rings. The number of anilines is 1. The molecular weight excluding hydrogens is 336 g/mol. The predicted octanol–water partition coefficient (Wildman–Crippen LogP) is 4.50. The Morgan fingerprint density at radius 3 is 2.33 bits per heavy atom. The van der Waals surface area contributed by atoms with Gasteiger partial charge in [-0.25, -0.2) is 0 Å². The van der Waals surface area contributed by atoms with Gasteiger partial charge in [0.05, 0.1) is 13.2 Å². The maximum absolute atomic E-state index is 12.3. The first kappa shape index (κ1) is 19.3. The number of methoxy groups -OCH3 is 1. The van der Waals surface area contributed by atoms with Crippen molar-refractivity contribution >= 4 is 11.6 Å². The van der Waals surface area contributed by atoms with Crippen LogP contribution in [0.1, 0.15) is 49.8 Å². The zero-order chi connectivity index (χ0) is 19.1. The molecule has 0 radical (unpaired) electrons. The molecule has 0 unspecified atom stereocenters. The third kappa shape index (κ3) is 5.49. The second-order valence-electron chi connectivity index (χ2n) is 7.28. The van der Waals surface area contributed by atoms with Crippen molar-refractivity contribution in [3.63, 3.8) is 0 Å². The van der Waals surface area contributed by atoms with Gasteiger partial charge in [-0.3, -0.25) is 4.79 Å². The first-order valence-corrected chi connectivity index (χ1v) is 9.93. The highest BCUT2D eigenvalue weighted by atomic mass is 16.5. The highest BCUT2D eigenvalue weighted by molar-refractivity contribution is 5.76. The molecule has 3 rings (SSSR count). The molecule has 1 N–H and O–H groups in total. The molecule has 0 aromatic heterocycles. The number of carbonyl (C=O) groups is 1. The Morgan fingerprint density at radius 1 is 1.04 bits per heavy atom.